The van der Waals surface area contributed by atoms with Crippen molar-refractivity contribution in [3.05, 3.63) is 36.0 Å². The van der Waals surface area contributed by atoms with E-state index in [1.807, 2.05) is 0 Å². The van der Waals surface area contributed by atoms with Crippen LogP contribution in [0.15, 0.2) is 30.5 Å². The zero-order valence-corrected chi connectivity index (χ0v) is 11.7. The number of para-hydroxylation sites is 1. The third-order valence-corrected chi connectivity index (χ3v) is 2.72. The molecule has 5 heteroatoms. The number of carboxylic acids is 1. The van der Waals surface area contributed by atoms with E-state index < -0.39 is 17.7 Å². The minimum atomic E-state index is -1.18. The average molecular weight is 274 g/mol. The van der Waals surface area contributed by atoms with Crippen molar-refractivity contribution in [1.29, 1.82) is 0 Å². The summed E-state index contributed by atoms with van der Waals surface area (Å²) in [5, 5.41) is 11.5. The number of fused-ring (bicyclic) bond motifs is 1. The van der Waals surface area contributed by atoms with Gasteiger partial charge in [-0.15, -0.1) is 0 Å². The topological polar surface area (TPSA) is 71.4 Å². The van der Waals surface area contributed by atoms with Crippen LogP contribution in [0.2, 0.25) is 0 Å². The number of rotatable bonds is 2. The maximum atomic E-state index is 12.2. The Labute approximate surface area is 116 Å². The highest BCUT2D eigenvalue weighted by molar-refractivity contribution is 5.93. The molecular formula is C15H16NO4-. The van der Waals surface area contributed by atoms with E-state index in [2.05, 4.69) is 0 Å². The summed E-state index contributed by atoms with van der Waals surface area (Å²) in [6.07, 6.45) is 0.725. The molecule has 5 nitrogen and oxygen atoms in total. The van der Waals surface area contributed by atoms with Gasteiger partial charge in [0, 0.05) is 24.0 Å². The molecule has 0 saturated carbocycles. The molecule has 0 fully saturated rings. The number of ether oxygens (including phenoxy) is 1. The van der Waals surface area contributed by atoms with Crippen molar-refractivity contribution < 1.29 is 19.4 Å². The zero-order chi connectivity index (χ0) is 14.9. The fourth-order valence-electron chi connectivity index (χ4n) is 2.01. The van der Waals surface area contributed by atoms with Gasteiger partial charge in [-0.05, 0) is 32.4 Å². The molecule has 2 rings (SSSR count). The van der Waals surface area contributed by atoms with E-state index in [0.29, 0.717) is 16.5 Å². The number of carboxylic acid groups (broad SMARTS) is 1. The van der Waals surface area contributed by atoms with Crippen molar-refractivity contribution in [2.24, 2.45) is 0 Å². The summed E-state index contributed by atoms with van der Waals surface area (Å²) in [6.45, 7) is 5.33. The molecule has 0 spiro atoms. The Hall–Kier alpha value is -2.30. The molecule has 1 heterocycles. The van der Waals surface area contributed by atoms with E-state index in [1.165, 1.54) is 10.8 Å². The highest BCUT2D eigenvalue weighted by Gasteiger charge is 2.20. The molecule has 0 aliphatic heterocycles. The smallest absolute Gasteiger partial charge is 0.419 e. The Kier molecular flexibility index (Phi) is 3.53. The fraction of sp³-hybridized carbons (Fsp3) is 0.333. The molecule has 1 aromatic carbocycles. The summed E-state index contributed by atoms with van der Waals surface area (Å²) in [4.78, 5) is 22.9. The maximum Gasteiger partial charge on any atom is 0.419 e. The van der Waals surface area contributed by atoms with Gasteiger partial charge in [0.1, 0.15) is 5.60 Å². The summed E-state index contributed by atoms with van der Waals surface area (Å²) in [5.41, 5.74) is 0.543. The summed E-state index contributed by atoms with van der Waals surface area (Å²) in [6, 6.07) is 7.10. The number of hydrogen-bond donors (Lipinski definition) is 0. The average Bonchev–Trinajstić information content (AvgIpc) is 2.66. The monoisotopic (exact) mass is 274 g/mol. The van der Waals surface area contributed by atoms with Gasteiger partial charge in [-0.25, -0.2) is 4.79 Å². The van der Waals surface area contributed by atoms with Crippen LogP contribution in [0.1, 0.15) is 26.3 Å². The molecular weight excluding hydrogens is 258 g/mol. The van der Waals surface area contributed by atoms with E-state index in [9.17, 15) is 14.7 Å². The molecule has 0 aliphatic rings. The fourth-order valence-corrected chi connectivity index (χ4v) is 2.01. The van der Waals surface area contributed by atoms with Crippen molar-refractivity contribution in [1.82, 2.24) is 4.57 Å². The number of aromatic nitrogens is 1. The Morgan fingerprint density at radius 3 is 2.50 bits per heavy atom. The number of nitrogens with zero attached hydrogens (tertiary/aromatic N) is 1. The van der Waals surface area contributed by atoms with Crippen LogP contribution in [0.5, 0.6) is 0 Å². The number of benzene rings is 1. The second-order valence-corrected chi connectivity index (χ2v) is 5.57. The Morgan fingerprint density at radius 2 is 1.90 bits per heavy atom. The van der Waals surface area contributed by atoms with Crippen LogP contribution in [-0.2, 0) is 16.0 Å². The Bertz CT molecular complexity index is 664. The third-order valence-electron chi connectivity index (χ3n) is 2.72. The summed E-state index contributed by atoms with van der Waals surface area (Å²) >= 11 is 0. The molecule has 2 aromatic rings. The first kappa shape index (κ1) is 14.1. The normalized spacial score (nSPS) is 11.6. The van der Waals surface area contributed by atoms with Gasteiger partial charge in [-0.1, -0.05) is 18.2 Å². The van der Waals surface area contributed by atoms with Crippen LogP contribution < -0.4 is 5.11 Å². The van der Waals surface area contributed by atoms with Gasteiger partial charge in [0.15, 0.2) is 0 Å². The maximum absolute atomic E-state index is 12.2. The van der Waals surface area contributed by atoms with E-state index in [0.717, 1.165) is 0 Å². The van der Waals surface area contributed by atoms with Gasteiger partial charge < -0.3 is 14.6 Å². The molecule has 106 valence electrons. The third kappa shape index (κ3) is 2.99. The van der Waals surface area contributed by atoms with Gasteiger partial charge >= 0.3 is 6.09 Å². The molecule has 0 unspecified atom stereocenters. The van der Waals surface area contributed by atoms with Crippen molar-refractivity contribution in [2.75, 3.05) is 0 Å². The van der Waals surface area contributed by atoms with Gasteiger partial charge in [-0.2, -0.15) is 0 Å². The van der Waals surface area contributed by atoms with Crippen LogP contribution >= 0.6 is 0 Å². The summed E-state index contributed by atoms with van der Waals surface area (Å²) in [5.74, 6) is -1.18. The van der Waals surface area contributed by atoms with Crippen molar-refractivity contribution in [3.63, 3.8) is 0 Å². The second kappa shape index (κ2) is 5.00. The largest absolute Gasteiger partial charge is 0.550 e. The molecule has 0 aliphatic carbocycles. The molecule has 20 heavy (non-hydrogen) atoms. The van der Waals surface area contributed by atoms with Crippen molar-refractivity contribution in [2.45, 2.75) is 32.8 Å². The zero-order valence-electron chi connectivity index (χ0n) is 11.7. The first-order chi connectivity index (χ1) is 9.28. The van der Waals surface area contributed by atoms with E-state index in [1.54, 1.807) is 45.0 Å². The number of aliphatic carboxylic acids is 1. The lowest BCUT2D eigenvalue weighted by molar-refractivity contribution is -0.304. The molecule has 0 atom stereocenters. The van der Waals surface area contributed by atoms with E-state index in [4.69, 9.17) is 4.74 Å². The lowest BCUT2D eigenvalue weighted by Gasteiger charge is -2.19. The van der Waals surface area contributed by atoms with E-state index >= 15 is 0 Å². The molecule has 0 amide bonds. The minimum Gasteiger partial charge on any atom is -0.550 e. The highest BCUT2D eigenvalue weighted by Crippen LogP contribution is 2.23. The van der Waals surface area contributed by atoms with Crippen LogP contribution in [-0.4, -0.2) is 22.2 Å². The molecule has 0 N–H and O–H groups in total. The number of carbonyl (C=O) groups is 2. The standard InChI is InChI=1S/C15H17NO4/c1-15(2,3)20-14(19)16-9-10(8-13(17)18)11-6-4-5-7-12(11)16/h4-7,9H,8H2,1-3H3,(H,17,18)/p-1. The molecule has 0 bridgehead atoms. The summed E-state index contributed by atoms with van der Waals surface area (Å²) < 4.78 is 6.64. The Balaban J connectivity index is 2.48. The van der Waals surface area contributed by atoms with Crippen molar-refractivity contribution in [3.8, 4) is 0 Å². The van der Waals surface area contributed by atoms with Gasteiger partial charge in [0.25, 0.3) is 0 Å². The van der Waals surface area contributed by atoms with Gasteiger partial charge in [0.2, 0.25) is 0 Å². The number of hydrogen-bond acceptors (Lipinski definition) is 4. The lowest BCUT2D eigenvalue weighted by atomic mass is 10.1. The van der Waals surface area contributed by atoms with E-state index in [-0.39, 0.29) is 6.42 Å². The SMILES string of the molecule is CC(C)(C)OC(=O)n1cc(CC(=O)[O-])c2ccccc21. The van der Waals surface area contributed by atoms with Crippen LogP contribution in [0, 0.1) is 0 Å². The molecule has 0 saturated heterocycles. The predicted molar refractivity (Wildman–Crippen MR) is 72.3 cm³/mol. The van der Waals surface area contributed by atoms with Gasteiger partial charge in [0.05, 0.1) is 5.52 Å². The quantitative estimate of drug-likeness (QED) is 0.836. The summed E-state index contributed by atoms with van der Waals surface area (Å²) in [7, 11) is 0. The van der Waals surface area contributed by atoms with Crippen LogP contribution in [0.3, 0.4) is 0 Å². The lowest BCUT2D eigenvalue weighted by Crippen LogP contribution is -2.27. The first-order valence-corrected chi connectivity index (χ1v) is 6.30. The molecule has 1 aromatic heterocycles. The van der Waals surface area contributed by atoms with Crippen molar-refractivity contribution >= 4 is 23.0 Å². The van der Waals surface area contributed by atoms with Crippen LogP contribution in [0.4, 0.5) is 4.79 Å². The van der Waals surface area contributed by atoms with Crippen LogP contribution in [0.25, 0.3) is 10.9 Å². The number of carbonyl (C=O) groups excluding carboxylic acids is 2. The highest BCUT2D eigenvalue weighted by atomic mass is 16.6. The second-order valence-electron chi connectivity index (χ2n) is 5.57. The Morgan fingerprint density at radius 1 is 1.25 bits per heavy atom. The predicted octanol–water partition coefficient (Wildman–Crippen LogP) is 1.72. The molecule has 0 radical (unpaired) electrons. The first-order valence-electron chi connectivity index (χ1n) is 6.30. The van der Waals surface area contributed by atoms with Gasteiger partial charge in [-0.3, -0.25) is 4.57 Å². The minimum absolute atomic E-state index is 0.240.